The van der Waals surface area contributed by atoms with Crippen LogP contribution in [0.15, 0.2) is 71.7 Å². The van der Waals surface area contributed by atoms with E-state index in [9.17, 15) is 0 Å². The lowest BCUT2D eigenvalue weighted by Crippen LogP contribution is -2.27. The molecule has 0 fully saturated rings. The maximum absolute atomic E-state index is 5.56. The van der Waals surface area contributed by atoms with Crippen LogP contribution in [-0.4, -0.2) is 44.8 Å². The molecule has 0 bridgehead atoms. The zero-order valence-corrected chi connectivity index (χ0v) is 23.3. The molecule has 8 heteroatoms. The van der Waals surface area contributed by atoms with Crippen molar-refractivity contribution in [3.63, 3.8) is 0 Å². The molecule has 0 heterocycles. The number of ether oxygens (including phenoxy) is 4. The molecule has 0 aliphatic heterocycles. The molecule has 0 amide bonds. The molecule has 0 unspecified atom stereocenters. The van der Waals surface area contributed by atoms with Crippen molar-refractivity contribution < 1.29 is 18.9 Å². The molecule has 3 rings (SSSR count). The predicted octanol–water partition coefficient (Wildman–Crippen LogP) is 6.39. The number of methoxy groups -OCH3 is 4. The zero-order chi connectivity index (χ0) is 23.6. The van der Waals surface area contributed by atoms with Crippen LogP contribution in [0.2, 0.25) is 0 Å². The summed E-state index contributed by atoms with van der Waals surface area (Å²) in [7, 11) is 6.62. The second-order valence-electron chi connectivity index (χ2n) is 7.19. The number of nitrogens with zero attached hydrogens (tertiary/aromatic N) is 2. The molecule has 0 saturated heterocycles. The fourth-order valence-electron chi connectivity index (χ4n) is 3.32. The highest BCUT2D eigenvalue weighted by Gasteiger charge is 2.15. The van der Waals surface area contributed by atoms with Crippen LogP contribution in [-0.2, 0) is 13.1 Å². The van der Waals surface area contributed by atoms with E-state index >= 15 is 0 Å². The Morgan fingerprint density at radius 2 is 1.18 bits per heavy atom. The monoisotopic (exact) mass is 594 g/mol. The SMILES string of the molecule is COc1ccc(CN(Cc2ccc(OC)cc2)C(=Nc2ccc(OC)cc2OC)SC)cc1.I. The summed E-state index contributed by atoms with van der Waals surface area (Å²) in [5.74, 6) is 3.06. The van der Waals surface area contributed by atoms with Crippen LogP contribution in [0.4, 0.5) is 5.69 Å². The predicted molar refractivity (Wildman–Crippen MR) is 151 cm³/mol. The molecule has 0 spiro atoms. The summed E-state index contributed by atoms with van der Waals surface area (Å²) in [6.45, 7) is 1.38. The summed E-state index contributed by atoms with van der Waals surface area (Å²) in [4.78, 5) is 7.21. The van der Waals surface area contributed by atoms with Crippen molar-refractivity contribution in [1.82, 2.24) is 4.90 Å². The van der Waals surface area contributed by atoms with Crippen LogP contribution >= 0.6 is 35.7 Å². The van der Waals surface area contributed by atoms with Gasteiger partial charge >= 0.3 is 0 Å². The van der Waals surface area contributed by atoms with Gasteiger partial charge in [-0.25, -0.2) is 4.99 Å². The third-order valence-corrected chi connectivity index (χ3v) is 5.84. The highest BCUT2D eigenvalue weighted by molar-refractivity contribution is 14.0. The summed E-state index contributed by atoms with van der Waals surface area (Å²) in [6, 6.07) is 21.8. The fraction of sp³-hybridized carbons (Fsp3) is 0.269. The van der Waals surface area contributed by atoms with Gasteiger partial charge in [0.15, 0.2) is 5.17 Å². The van der Waals surface area contributed by atoms with Crippen molar-refractivity contribution in [2.75, 3.05) is 34.7 Å². The number of thioether (sulfide) groups is 1. The smallest absolute Gasteiger partial charge is 0.164 e. The standard InChI is InChI=1S/C26H30N2O4S.HI/c1-29-21-10-6-19(7-11-21)17-28(18-20-8-12-22(30-2)13-9-20)26(33-5)27-24-15-14-23(31-3)16-25(24)32-4;/h6-16H,17-18H2,1-5H3;1H. The Hall–Kier alpha value is -2.59. The molecule has 0 aliphatic carbocycles. The lowest BCUT2D eigenvalue weighted by molar-refractivity contribution is 0.394. The van der Waals surface area contributed by atoms with E-state index in [1.165, 1.54) is 0 Å². The van der Waals surface area contributed by atoms with Gasteiger partial charge in [-0.15, -0.1) is 24.0 Å². The average molecular weight is 595 g/mol. The number of benzene rings is 3. The molecule has 0 aliphatic rings. The molecule has 6 nitrogen and oxygen atoms in total. The van der Waals surface area contributed by atoms with Crippen LogP contribution < -0.4 is 18.9 Å². The van der Waals surface area contributed by atoms with Crippen molar-refractivity contribution in [1.29, 1.82) is 0 Å². The summed E-state index contributed by atoms with van der Waals surface area (Å²) in [6.07, 6.45) is 2.03. The number of aliphatic imine (C=N–C) groups is 1. The number of halogens is 1. The minimum Gasteiger partial charge on any atom is -0.497 e. The summed E-state index contributed by atoms with van der Waals surface area (Å²) >= 11 is 1.60. The maximum Gasteiger partial charge on any atom is 0.164 e. The van der Waals surface area contributed by atoms with Crippen LogP contribution in [0.5, 0.6) is 23.0 Å². The second-order valence-corrected chi connectivity index (χ2v) is 7.96. The van der Waals surface area contributed by atoms with Crippen LogP contribution in [0.25, 0.3) is 0 Å². The minimum atomic E-state index is 0. The number of amidine groups is 1. The van der Waals surface area contributed by atoms with Gasteiger partial charge in [-0.05, 0) is 53.8 Å². The third-order valence-electron chi connectivity index (χ3n) is 5.12. The molecular weight excluding hydrogens is 563 g/mol. The first-order valence-electron chi connectivity index (χ1n) is 10.5. The Labute approximate surface area is 223 Å². The molecule has 0 aromatic heterocycles. The molecule has 34 heavy (non-hydrogen) atoms. The Kier molecular flexibility index (Phi) is 11.4. The van der Waals surface area contributed by atoms with E-state index in [2.05, 4.69) is 29.2 Å². The van der Waals surface area contributed by atoms with E-state index in [4.69, 9.17) is 23.9 Å². The van der Waals surface area contributed by atoms with Gasteiger partial charge in [0.05, 0.1) is 28.4 Å². The zero-order valence-electron chi connectivity index (χ0n) is 20.1. The van der Waals surface area contributed by atoms with Gasteiger partial charge in [-0.1, -0.05) is 36.0 Å². The molecule has 3 aromatic carbocycles. The number of rotatable bonds is 9. The molecule has 182 valence electrons. The Morgan fingerprint density at radius 1 is 0.706 bits per heavy atom. The van der Waals surface area contributed by atoms with Crippen molar-refractivity contribution in [2.45, 2.75) is 13.1 Å². The molecular formula is C26H31IN2O4S. The highest BCUT2D eigenvalue weighted by atomic mass is 127. The normalized spacial score (nSPS) is 10.8. The fourth-order valence-corrected chi connectivity index (χ4v) is 3.90. The Balaban J connectivity index is 0.00000408. The highest BCUT2D eigenvalue weighted by Crippen LogP contribution is 2.33. The first-order valence-corrected chi connectivity index (χ1v) is 11.7. The number of hydrogen-bond donors (Lipinski definition) is 0. The van der Waals surface area contributed by atoms with Crippen molar-refractivity contribution in [3.05, 3.63) is 77.9 Å². The van der Waals surface area contributed by atoms with E-state index in [1.54, 1.807) is 40.2 Å². The molecule has 3 aromatic rings. The topological polar surface area (TPSA) is 52.5 Å². The molecule has 0 radical (unpaired) electrons. The molecule has 0 atom stereocenters. The Bertz CT molecular complexity index is 1010. The summed E-state index contributed by atoms with van der Waals surface area (Å²) < 4.78 is 21.5. The average Bonchev–Trinajstić information content (AvgIpc) is 2.87. The van der Waals surface area contributed by atoms with Crippen molar-refractivity contribution in [3.8, 4) is 23.0 Å². The van der Waals surface area contributed by atoms with E-state index in [1.807, 2.05) is 48.7 Å². The van der Waals surface area contributed by atoms with Gasteiger partial charge in [0.2, 0.25) is 0 Å². The Morgan fingerprint density at radius 3 is 1.59 bits per heavy atom. The van der Waals surface area contributed by atoms with E-state index in [0.717, 1.165) is 39.2 Å². The van der Waals surface area contributed by atoms with Crippen molar-refractivity contribution in [2.24, 2.45) is 4.99 Å². The third kappa shape index (κ3) is 7.46. The molecule has 0 N–H and O–H groups in total. The lowest BCUT2D eigenvalue weighted by Gasteiger charge is -2.26. The minimum absolute atomic E-state index is 0. The van der Waals surface area contributed by atoms with Crippen LogP contribution in [0, 0.1) is 0 Å². The van der Waals surface area contributed by atoms with Crippen LogP contribution in [0.1, 0.15) is 11.1 Å². The summed E-state index contributed by atoms with van der Waals surface area (Å²) in [5, 5.41) is 0.880. The maximum atomic E-state index is 5.56. The summed E-state index contributed by atoms with van der Waals surface area (Å²) in [5.41, 5.74) is 3.07. The van der Waals surface area contributed by atoms with Gasteiger partial charge in [-0.2, -0.15) is 0 Å². The van der Waals surface area contributed by atoms with Gasteiger partial charge in [-0.3, -0.25) is 0 Å². The van der Waals surface area contributed by atoms with Gasteiger partial charge in [0.25, 0.3) is 0 Å². The first kappa shape index (κ1) is 27.7. The van der Waals surface area contributed by atoms with E-state index < -0.39 is 0 Å². The second kappa shape index (κ2) is 14.0. The molecule has 0 saturated carbocycles. The quantitative estimate of drug-likeness (QED) is 0.163. The van der Waals surface area contributed by atoms with E-state index in [-0.39, 0.29) is 24.0 Å². The first-order chi connectivity index (χ1) is 16.1. The number of hydrogen-bond acceptors (Lipinski definition) is 6. The lowest BCUT2D eigenvalue weighted by atomic mass is 10.1. The van der Waals surface area contributed by atoms with Gasteiger partial charge in [0.1, 0.15) is 28.7 Å². The van der Waals surface area contributed by atoms with Crippen LogP contribution in [0.3, 0.4) is 0 Å². The van der Waals surface area contributed by atoms with E-state index in [0.29, 0.717) is 18.8 Å². The van der Waals surface area contributed by atoms with Crippen molar-refractivity contribution >= 4 is 46.6 Å². The van der Waals surface area contributed by atoms with Gasteiger partial charge in [0, 0.05) is 19.2 Å². The van der Waals surface area contributed by atoms with Gasteiger partial charge < -0.3 is 23.8 Å². The largest absolute Gasteiger partial charge is 0.497 e.